The summed E-state index contributed by atoms with van der Waals surface area (Å²) in [7, 11) is 3.06. The lowest BCUT2D eigenvalue weighted by molar-refractivity contribution is -0.143. The Bertz CT molecular complexity index is 578. The molecule has 22 heavy (non-hydrogen) atoms. The summed E-state index contributed by atoms with van der Waals surface area (Å²) >= 11 is 0. The fourth-order valence-electron chi connectivity index (χ4n) is 1.88. The Hall–Kier alpha value is -2.50. The Morgan fingerprint density at radius 1 is 1.27 bits per heavy atom. The maximum atomic E-state index is 11.6. The van der Waals surface area contributed by atoms with Crippen LogP contribution >= 0.6 is 0 Å². The van der Waals surface area contributed by atoms with E-state index >= 15 is 0 Å². The molecular weight excluding hydrogens is 286 g/mol. The Labute approximate surface area is 129 Å². The molecule has 0 unspecified atom stereocenters. The summed E-state index contributed by atoms with van der Waals surface area (Å²) in [6.07, 6.45) is 4.80. The third-order valence-electron chi connectivity index (χ3n) is 3.12. The summed E-state index contributed by atoms with van der Waals surface area (Å²) in [5.74, 6) is 0.237. The highest BCUT2D eigenvalue weighted by Crippen LogP contribution is 2.31. The molecule has 6 nitrogen and oxygen atoms in total. The lowest BCUT2D eigenvalue weighted by Crippen LogP contribution is -2.30. The van der Waals surface area contributed by atoms with E-state index in [2.05, 4.69) is 5.32 Å². The summed E-state index contributed by atoms with van der Waals surface area (Å²) in [6, 6.07) is 5.58. The van der Waals surface area contributed by atoms with E-state index in [4.69, 9.17) is 14.2 Å². The monoisotopic (exact) mass is 305 g/mol. The molecule has 1 aromatic rings. The highest BCUT2D eigenvalue weighted by molar-refractivity contribution is 5.90. The number of para-hydroxylation sites is 1. The van der Waals surface area contributed by atoms with E-state index in [-0.39, 0.29) is 18.6 Å². The van der Waals surface area contributed by atoms with Crippen molar-refractivity contribution < 1.29 is 23.8 Å². The molecule has 0 aliphatic heterocycles. The van der Waals surface area contributed by atoms with Crippen molar-refractivity contribution in [2.75, 3.05) is 20.8 Å². The van der Waals surface area contributed by atoms with E-state index in [9.17, 15) is 9.59 Å². The third kappa shape index (κ3) is 4.51. The van der Waals surface area contributed by atoms with E-state index in [1.54, 1.807) is 24.3 Å². The standard InChI is InChI=1S/C16H19NO5/c1-20-13-5-3-4-11(16(13)21-2)6-9-15(19)22-10-14(18)17-12-7-8-12/h3-6,9,12H,7-8,10H2,1-2H3,(H,17,18)/b9-6+. The van der Waals surface area contributed by atoms with Crippen LogP contribution in [0.5, 0.6) is 11.5 Å². The van der Waals surface area contributed by atoms with E-state index in [1.807, 2.05) is 0 Å². The average molecular weight is 305 g/mol. The van der Waals surface area contributed by atoms with Crippen LogP contribution in [0.3, 0.4) is 0 Å². The van der Waals surface area contributed by atoms with Gasteiger partial charge in [0.15, 0.2) is 18.1 Å². The minimum Gasteiger partial charge on any atom is -0.493 e. The first-order valence-corrected chi connectivity index (χ1v) is 6.99. The van der Waals surface area contributed by atoms with E-state index < -0.39 is 5.97 Å². The molecule has 1 N–H and O–H groups in total. The van der Waals surface area contributed by atoms with E-state index in [1.165, 1.54) is 20.3 Å². The van der Waals surface area contributed by atoms with E-state index in [0.29, 0.717) is 17.1 Å². The van der Waals surface area contributed by atoms with Crippen LogP contribution in [0.2, 0.25) is 0 Å². The van der Waals surface area contributed by atoms with Crippen molar-refractivity contribution >= 4 is 18.0 Å². The van der Waals surface area contributed by atoms with Crippen molar-refractivity contribution in [2.45, 2.75) is 18.9 Å². The number of ether oxygens (including phenoxy) is 3. The van der Waals surface area contributed by atoms with Crippen molar-refractivity contribution in [3.63, 3.8) is 0 Å². The minimum atomic E-state index is -0.587. The van der Waals surface area contributed by atoms with Crippen LogP contribution in [0.25, 0.3) is 6.08 Å². The first-order valence-electron chi connectivity index (χ1n) is 6.99. The maximum absolute atomic E-state index is 11.6. The molecule has 0 aromatic heterocycles. The van der Waals surface area contributed by atoms with Gasteiger partial charge in [-0.3, -0.25) is 4.79 Å². The molecule has 1 fully saturated rings. The third-order valence-corrected chi connectivity index (χ3v) is 3.12. The molecule has 2 rings (SSSR count). The number of carbonyl (C=O) groups is 2. The summed E-state index contributed by atoms with van der Waals surface area (Å²) < 4.78 is 15.3. The van der Waals surface area contributed by atoms with Crippen molar-refractivity contribution in [1.82, 2.24) is 5.32 Å². The molecular formula is C16H19NO5. The maximum Gasteiger partial charge on any atom is 0.331 e. The van der Waals surface area contributed by atoms with Gasteiger partial charge >= 0.3 is 5.97 Å². The molecule has 118 valence electrons. The van der Waals surface area contributed by atoms with Gasteiger partial charge in [-0.1, -0.05) is 12.1 Å². The molecule has 0 atom stereocenters. The minimum absolute atomic E-state index is 0.253. The molecule has 0 heterocycles. The van der Waals surface area contributed by atoms with Gasteiger partial charge in [-0.15, -0.1) is 0 Å². The molecule has 6 heteroatoms. The molecule has 0 saturated heterocycles. The highest BCUT2D eigenvalue weighted by Gasteiger charge is 2.23. The lowest BCUT2D eigenvalue weighted by Gasteiger charge is -2.09. The van der Waals surface area contributed by atoms with Gasteiger partial charge in [0.1, 0.15) is 0 Å². The number of rotatable bonds is 7. The first kappa shape index (κ1) is 15.9. The number of hydrogen-bond donors (Lipinski definition) is 1. The van der Waals surface area contributed by atoms with E-state index in [0.717, 1.165) is 12.8 Å². The Kier molecular flexibility index (Phi) is 5.41. The predicted molar refractivity (Wildman–Crippen MR) is 80.7 cm³/mol. The van der Waals surface area contributed by atoms with Crippen molar-refractivity contribution in [3.05, 3.63) is 29.8 Å². The largest absolute Gasteiger partial charge is 0.493 e. The first-order chi connectivity index (χ1) is 10.6. The van der Waals surface area contributed by atoms with Gasteiger partial charge in [0.25, 0.3) is 5.91 Å². The molecule has 1 aromatic carbocycles. The molecule has 1 amide bonds. The second kappa shape index (κ2) is 7.49. The molecule has 1 saturated carbocycles. The Morgan fingerprint density at radius 2 is 2.05 bits per heavy atom. The van der Waals surface area contributed by atoms with Crippen molar-refractivity contribution in [3.8, 4) is 11.5 Å². The molecule has 1 aliphatic carbocycles. The summed E-state index contributed by atoms with van der Waals surface area (Å²) in [5, 5.41) is 2.74. The fourth-order valence-corrected chi connectivity index (χ4v) is 1.88. The second-order valence-electron chi connectivity index (χ2n) is 4.87. The van der Waals surface area contributed by atoms with Crippen LogP contribution in [0.1, 0.15) is 18.4 Å². The Balaban J connectivity index is 1.90. The average Bonchev–Trinajstić information content (AvgIpc) is 3.34. The normalized spacial score (nSPS) is 13.7. The lowest BCUT2D eigenvalue weighted by atomic mass is 10.1. The van der Waals surface area contributed by atoms with Gasteiger partial charge in [-0.2, -0.15) is 0 Å². The van der Waals surface area contributed by atoms with Crippen molar-refractivity contribution in [2.24, 2.45) is 0 Å². The predicted octanol–water partition coefficient (Wildman–Crippen LogP) is 1.54. The summed E-state index contributed by atoms with van der Waals surface area (Å²) in [6.45, 7) is -0.269. The molecule has 1 aliphatic rings. The number of hydrogen-bond acceptors (Lipinski definition) is 5. The fraction of sp³-hybridized carbons (Fsp3) is 0.375. The van der Waals surface area contributed by atoms with Crippen LogP contribution in [-0.2, 0) is 14.3 Å². The van der Waals surface area contributed by atoms with Gasteiger partial charge in [-0.25, -0.2) is 4.79 Å². The van der Waals surface area contributed by atoms with Crippen LogP contribution in [0.15, 0.2) is 24.3 Å². The second-order valence-corrected chi connectivity index (χ2v) is 4.87. The number of amides is 1. The topological polar surface area (TPSA) is 73.9 Å². The summed E-state index contributed by atoms with van der Waals surface area (Å²) in [5.41, 5.74) is 0.682. The van der Waals surface area contributed by atoms with Crippen LogP contribution < -0.4 is 14.8 Å². The zero-order chi connectivity index (χ0) is 15.9. The SMILES string of the molecule is COc1cccc(/C=C/C(=O)OCC(=O)NC2CC2)c1OC. The van der Waals surface area contributed by atoms with Gasteiger partial charge in [0.05, 0.1) is 14.2 Å². The van der Waals surface area contributed by atoms with Gasteiger partial charge in [-0.05, 0) is 25.0 Å². The number of methoxy groups -OCH3 is 2. The van der Waals surface area contributed by atoms with Crippen molar-refractivity contribution in [1.29, 1.82) is 0 Å². The quantitative estimate of drug-likeness (QED) is 0.611. The highest BCUT2D eigenvalue weighted by atomic mass is 16.5. The summed E-state index contributed by atoms with van der Waals surface area (Å²) in [4.78, 5) is 23.0. The smallest absolute Gasteiger partial charge is 0.331 e. The molecule has 0 radical (unpaired) electrons. The number of carbonyl (C=O) groups excluding carboxylic acids is 2. The van der Waals surface area contributed by atoms with Gasteiger partial charge in [0, 0.05) is 17.7 Å². The van der Waals surface area contributed by atoms with Crippen LogP contribution in [-0.4, -0.2) is 38.7 Å². The van der Waals surface area contributed by atoms with Crippen LogP contribution in [0, 0.1) is 0 Å². The zero-order valence-corrected chi connectivity index (χ0v) is 12.6. The number of nitrogens with one attached hydrogen (secondary N) is 1. The zero-order valence-electron chi connectivity index (χ0n) is 12.6. The number of benzene rings is 1. The molecule has 0 spiro atoms. The Morgan fingerprint density at radius 3 is 2.68 bits per heavy atom. The number of esters is 1. The van der Waals surface area contributed by atoms with Gasteiger partial charge in [0.2, 0.25) is 0 Å². The molecule has 0 bridgehead atoms. The van der Waals surface area contributed by atoms with Gasteiger partial charge < -0.3 is 19.5 Å². The van der Waals surface area contributed by atoms with Crippen LogP contribution in [0.4, 0.5) is 0 Å².